The summed E-state index contributed by atoms with van der Waals surface area (Å²) in [5.41, 5.74) is 8.27. The van der Waals surface area contributed by atoms with Crippen LogP contribution in [0.4, 0.5) is 0 Å². The number of nitrogens with zero attached hydrogens (tertiary/aromatic N) is 2. The summed E-state index contributed by atoms with van der Waals surface area (Å²) in [6, 6.07) is 8.65. The van der Waals surface area contributed by atoms with E-state index in [9.17, 15) is 0 Å². The van der Waals surface area contributed by atoms with Crippen molar-refractivity contribution < 1.29 is 0 Å². The van der Waals surface area contributed by atoms with Gasteiger partial charge in [-0.3, -0.25) is 4.98 Å². The maximum Gasteiger partial charge on any atom is 0.0848 e. The highest BCUT2D eigenvalue weighted by Gasteiger charge is 2.16. The molecule has 19 heavy (non-hydrogen) atoms. The maximum absolute atomic E-state index is 4.67. The van der Waals surface area contributed by atoms with Crippen LogP contribution in [0.1, 0.15) is 40.3 Å². The molecule has 0 saturated heterocycles. The van der Waals surface area contributed by atoms with Crippen molar-refractivity contribution in [2.24, 2.45) is 0 Å². The van der Waals surface area contributed by atoms with E-state index < -0.39 is 0 Å². The highest BCUT2D eigenvalue weighted by atomic mass is 14.8. The quantitative estimate of drug-likeness (QED) is 0.767. The van der Waals surface area contributed by atoms with E-state index in [0.717, 1.165) is 35.6 Å². The minimum atomic E-state index is 1.01. The standard InChI is InChI=1S/C17H18N2/c1-11-12(2)19-17(13(3)18-11)10-15-9-8-14-6-4-5-7-16(14)15/h4-7,10H,8-9H2,1-3H3. The molecule has 1 aromatic heterocycles. The van der Waals surface area contributed by atoms with Gasteiger partial charge in [0.05, 0.1) is 22.8 Å². The van der Waals surface area contributed by atoms with Gasteiger partial charge in [-0.1, -0.05) is 24.3 Å². The summed E-state index contributed by atoms with van der Waals surface area (Å²) in [5, 5.41) is 0. The van der Waals surface area contributed by atoms with E-state index in [1.54, 1.807) is 0 Å². The van der Waals surface area contributed by atoms with E-state index >= 15 is 0 Å². The van der Waals surface area contributed by atoms with Gasteiger partial charge in [-0.25, -0.2) is 4.98 Å². The normalized spacial score (nSPS) is 15.8. The summed E-state index contributed by atoms with van der Waals surface area (Å²) in [4.78, 5) is 9.23. The lowest BCUT2D eigenvalue weighted by Gasteiger charge is -2.06. The number of hydrogen-bond acceptors (Lipinski definition) is 2. The fourth-order valence-corrected chi connectivity index (χ4v) is 2.64. The number of benzene rings is 1. The molecule has 2 nitrogen and oxygen atoms in total. The molecule has 0 bridgehead atoms. The van der Waals surface area contributed by atoms with Crippen molar-refractivity contribution >= 4 is 11.6 Å². The van der Waals surface area contributed by atoms with Crippen LogP contribution in [-0.4, -0.2) is 9.97 Å². The van der Waals surface area contributed by atoms with Gasteiger partial charge in [0.2, 0.25) is 0 Å². The molecule has 0 aliphatic heterocycles. The summed E-state index contributed by atoms with van der Waals surface area (Å²) in [6.07, 6.45) is 4.45. The first kappa shape index (κ1) is 12.1. The number of allylic oxidation sites excluding steroid dienone is 1. The molecule has 2 heteroatoms. The molecule has 2 aromatic rings. The lowest BCUT2D eigenvalue weighted by atomic mass is 10.1. The summed E-state index contributed by atoms with van der Waals surface area (Å²) in [6.45, 7) is 6.07. The second-order valence-electron chi connectivity index (χ2n) is 5.19. The van der Waals surface area contributed by atoms with E-state index in [-0.39, 0.29) is 0 Å². The summed E-state index contributed by atoms with van der Waals surface area (Å²) < 4.78 is 0. The molecular weight excluding hydrogens is 232 g/mol. The first-order valence-corrected chi connectivity index (χ1v) is 6.76. The van der Waals surface area contributed by atoms with Crippen LogP contribution in [0.3, 0.4) is 0 Å². The first-order chi connectivity index (χ1) is 9.15. The van der Waals surface area contributed by atoms with Crippen LogP contribution in [0.15, 0.2) is 24.3 Å². The van der Waals surface area contributed by atoms with Crippen LogP contribution in [0.5, 0.6) is 0 Å². The number of hydrogen-bond donors (Lipinski definition) is 0. The zero-order chi connectivity index (χ0) is 13.4. The van der Waals surface area contributed by atoms with Crippen molar-refractivity contribution in [2.45, 2.75) is 33.6 Å². The molecule has 0 saturated carbocycles. The van der Waals surface area contributed by atoms with Crippen molar-refractivity contribution in [2.75, 3.05) is 0 Å². The molecule has 0 fully saturated rings. The molecule has 0 spiro atoms. The predicted octanol–water partition coefficient (Wildman–Crippen LogP) is 3.89. The van der Waals surface area contributed by atoms with E-state index in [2.05, 4.69) is 40.3 Å². The first-order valence-electron chi connectivity index (χ1n) is 6.76. The lowest BCUT2D eigenvalue weighted by molar-refractivity contribution is 0.990. The largest absolute Gasteiger partial charge is 0.254 e. The summed E-state index contributed by atoms with van der Waals surface area (Å²) >= 11 is 0. The molecule has 1 aromatic carbocycles. The van der Waals surface area contributed by atoms with Gasteiger partial charge >= 0.3 is 0 Å². The van der Waals surface area contributed by atoms with Gasteiger partial charge in [-0.05, 0) is 56.4 Å². The van der Waals surface area contributed by atoms with Crippen LogP contribution in [-0.2, 0) is 6.42 Å². The van der Waals surface area contributed by atoms with Crippen LogP contribution >= 0.6 is 0 Å². The Morgan fingerprint density at radius 1 is 0.895 bits per heavy atom. The van der Waals surface area contributed by atoms with Gasteiger partial charge in [0.1, 0.15) is 0 Å². The van der Waals surface area contributed by atoms with Crippen molar-refractivity contribution in [3.05, 3.63) is 58.2 Å². The topological polar surface area (TPSA) is 25.8 Å². The van der Waals surface area contributed by atoms with E-state index in [1.165, 1.54) is 16.7 Å². The van der Waals surface area contributed by atoms with Crippen molar-refractivity contribution in [1.29, 1.82) is 0 Å². The Labute approximate surface area is 114 Å². The minimum Gasteiger partial charge on any atom is -0.254 e. The van der Waals surface area contributed by atoms with Crippen LogP contribution in [0.25, 0.3) is 11.6 Å². The van der Waals surface area contributed by atoms with Gasteiger partial charge in [0.15, 0.2) is 0 Å². The Morgan fingerprint density at radius 2 is 1.63 bits per heavy atom. The molecule has 1 heterocycles. The zero-order valence-corrected chi connectivity index (χ0v) is 11.7. The monoisotopic (exact) mass is 250 g/mol. The molecule has 0 radical (unpaired) electrons. The molecule has 0 unspecified atom stereocenters. The van der Waals surface area contributed by atoms with Crippen LogP contribution in [0, 0.1) is 20.8 Å². The predicted molar refractivity (Wildman–Crippen MR) is 78.9 cm³/mol. The molecule has 3 rings (SSSR count). The lowest BCUT2D eigenvalue weighted by Crippen LogP contribution is -1.99. The Balaban J connectivity index is 2.07. The third-order valence-electron chi connectivity index (χ3n) is 3.86. The smallest absolute Gasteiger partial charge is 0.0848 e. The average Bonchev–Trinajstić information content (AvgIpc) is 2.80. The van der Waals surface area contributed by atoms with Gasteiger partial charge in [-0.15, -0.1) is 0 Å². The molecular formula is C17H18N2. The number of fused-ring (bicyclic) bond motifs is 1. The third kappa shape index (κ3) is 2.19. The fourth-order valence-electron chi connectivity index (χ4n) is 2.64. The minimum absolute atomic E-state index is 1.01. The Morgan fingerprint density at radius 3 is 2.47 bits per heavy atom. The maximum atomic E-state index is 4.67. The van der Waals surface area contributed by atoms with E-state index in [1.807, 2.05) is 20.8 Å². The molecule has 96 valence electrons. The summed E-state index contributed by atoms with van der Waals surface area (Å²) in [7, 11) is 0. The van der Waals surface area contributed by atoms with Gasteiger partial charge in [0.25, 0.3) is 0 Å². The van der Waals surface area contributed by atoms with Crippen molar-refractivity contribution in [1.82, 2.24) is 9.97 Å². The van der Waals surface area contributed by atoms with Crippen LogP contribution in [0.2, 0.25) is 0 Å². The fraction of sp³-hybridized carbons (Fsp3) is 0.294. The average molecular weight is 250 g/mol. The molecule has 0 amide bonds. The van der Waals surface area contributed by atoms with Crippen molar-refractivity contribution in [3.8, 4) is 0 Å². The zero-order valence-electron chi connectivity index (χ0n) is 11.7. The second kappa shape index (κ2) is 4.61. The highest BCUT2D eigenvalue weighted by molar-refractivity contribution is 5.84. The highest BCUT2D eigenvalue weighted by Crippen LogP contribution is 2.33. The Bertz CT molecular complexity index is 669. The van der Waals surface area contributed by atoms with Gasteiger partial charge in [-0.2, -0.15) is 0 Å². The van der Waals surface area contributed by atoms with Crippen LogP contribution < -0.4 is 0 Å². The third-order valence-corrected chi connectivity index (χ3v) is 3.86. The van der Waals surface area contributed by atoms with Gasteiger partial charge in [0, 0.05) is 0 Å². The number of rotatable bonds is 1. The van der Waals surface area contributed by atoms with E-state index in [4.69, 9.17) is 0 Å². The molecule has 0 N–H and O–H groups in total. The Hall–Kier alpha value is -1.96. The number of aryl methyl sites for hydroxylation is 4. The SMILES string of the molecule is Cc1nc(C)c(C=C2CCc3ccccc32)nc1C. The van der Waals surface area contributed by atoms with Gasteiger partial charge < -0.3 is 0 Å². The second-order valence-corrected chi connectivity index (χ2v) is 5.19. The number of aromatic nitrogens is 2. The summed E-state index contributed by atoms with van der Waals surface area (Å²) in [5.74, 6) is 0. The van der Waals surface area contributed by atoms with E-state index in [0.29, 0.717) is 0 Å². The molecule has 1 aliphatic carbocycles. The van der Waals surface area contributed by atoms with Crippen molar-refractivity contribution in [3.63, 3.8) is 0 Å². The Kier molecular flexibility index (Phi) is 2.94. The molecule has 1 aliphatic rings. The molecule has 0 atom stereocenters.